The molecule has 0 aliphatic carbocycles. The minimum absolute atomic E-state index is 0.306. The maximum absolute atomic E-state index is 12.9. The van der Waals surface area contributed by atoms with Crippen LogP contribution in [0, 0.1) is 0 Å². The number of pyridine rings is 1. The van der Waals surface area contributed by atoms with Crippen molar-refractivity contribution in [1.82, 2.24) is 14.1 Å². The predicted molar refractivity (Wildman–Crippen MR) is 99.9 cm³/mol. The Labute approximate surface area is 149 Å². The number of nitrogens with zero attached hydrogens (tertiary/aromatic N) is 3. The van der Waals surface area contributed by atoms with Crippen LogP contribution in [0.15, 0.2) is 27.9 Å². The van der Waals surface area contributed by atoms with Gasteiger partial charge in [-0.2, -0.15) is 0 Å². The summed E-state index contributed by atoms with van der Waals surface area (Å²) in [5.41, 5.74) is 0.514. The molecule has 2 heterocycles. The zero-order chi connectivity index (χ0) is 18.1. The number of benzene rings is 1. The number of methoxy groups -OCH3 is 1. The summed E-state index contributed by atoms with van der Waals surface area (Å²) in [4.78, 5) is 30.0. The van der Waals surface area contributed by atoms with Gasteiger partial charge in [0.2, 0.25) is 0 Å². The zero-order valence-corrected chi connectivity index (χ0v) is 15.3. The van der Waals surface area contributed by atoms with E-state index in [1.54, 1.807) is 23.6 Å². The largest absolute Gasteiger partial charge is 0.494 e. The molecule has 2 aromatic heterocycles. The van der Waals surface area contributed by atoms with E-state index >= 15 is 0 Å². The van der Waals surface area contributed by atoms with Gasteiger partial charge in [-0.25, -0.2) is 4.79 Å². The molecule has 0 fully saturated rings. The topological polar surface area (TPSA) is 66.1 Å². The molecule has 0 amide bonds. The van der Waals surface area contributed by atoms with Crippen molar-refractivity contribution in [3.8, 4) is 5.75 Å². The van der Waals surface area contributed by atoms with Gasteiger partial charge in [0.15, 0.2) is 0 Å². The number of hydrogen-bond acceptors (Lipinski definition) is 4. The summed E-state index contributed by atoms with van der Waals surface area (Å²) in [6.07, 6.45) is 3.29. The van der Waals surface area contributed by atoms with Gasteiger partial charge in [0.05, 0.1) is 18.0 Å². The highest BCUT2D eigenvalue weighted by Crippen LogP contribution is 2.31. The van der Waals surface area contributed by atoms with Gasteiger partial charge in [-0.05, 0) is 19.4 Å². The van der Waals surface area contributed by atoms with E-state index in [2.05, 4.69) is 11.9 Å². The number of hydrogen-bond donors (Lipinski definition) is 0. The molecule has 1 aromatic carbocycles. The highest BCUT2D eigenvalue weighted by molar-refractivity contribution is 6.32. The molecule has 6 nitrogen and oxygen atoms in total. The molecule has 25 heavy (non-hydrogen) atoms. The van der Waals surface area contributed by atoms with Gasteiger partial charge in [0, 0.05) is 35.8 Å². The molecule has 0 aliphatic heterocycles. The van der Waals surface area contributed by atoms with E-state index in [0.717, 1.165) is 12.8 Å². The van der Waals surface area contributed by atoms with Gasteiger partial charge < -0.3 is 4.74 Å². The van der Waals surface area contributed by atoms with Crippen molar-refractivity contribution in [3.63, 3.8) is 0 Å². The second-order valence-electron chi connectivity index (χ2n) is 5.86. The number of rotatable bonds is 5. The molecular formula is C18H20ClN3O3. The standard InChI is InChI=1S/C18H20ClN3O3/c1-4-6-7-22-16-12-8-11(19)9-14(25-3)15(12)20-10-13(16)17(23)21(5-2)18(22)24/h8-10H,4-7H2,1-3H3. The minimum atomic E-state index is -0.330. The van der Waals surface area contributed by atoms with Crippen molar-refractivity contribution in [2.24, 2.45) is 0 Å². The molecule has 0 spiro atoms. The molecule has 0 saturated carbocycles. The summed E-state index contributed by atoms with van der Waals surface area (Å²) < 4.78 is 8.27. The van der Waals surface area contributed by atoms with Crippen LogP contribution in [0.2, 0.25) is 5.02 Å². The number of aryl methyl sites for hydroxylation is 1. The Kier molecular flexibility index (Phi) is 4.81. The number of halogens is 1. The fraction of sp³-hybridized carbons (Fsp3) is 0.389. The van der Waals surface area contributed by atoms with Crippen LogP contribution in [-0.4, -0.2) is 21.2 Å². The Balaban J connectivity index is 2.57. The van der Waals surface area contributed by atoms with Gasteiger partial charge in [0.25, 0.3) is 5.56 Å². The highest BCUT2D eigenvalue weighted by atomic mass is 35.5. The van der Waals surface area contributed by atoms with Crippen LogP contribution in [0.25, 0.3) is 21.8 Å². The van der Waals surface area contributed by atoms with Crippen molar-refractivity contribution < 1.29 is 4.74 Å². The molecule has 0 unspecified atom stereocenters. The maximum Gasteiger partial charge on any atom is 0.331 e. The van der Waals surface area contributed by atoms with Crippen molar-refractivity contribution in [1.29, 1.82) is 0 Å². The Bertz CT molecular complexity index is 1070. The second kappa shape index (κ2) is 6.88. The lowest BCUT2D eigenvalue weighted by atomic mass is 10.1. The average molecular weight is 362 g/mol. The zero-order valence-electron chi connectivity index (χ0n) is 14.5. The van der Waals surface area contributed by atoms with Crippen LogP contribution in [0.5, 0.6) is 5.75 Å². The van der Waals surface area contributed by atoms with Gasteiger partial charge >= 0.3 is 5.69 Å². The maximum atomic E-state index is 12.9. The first kappa shape index (κ1) is 17.5. The first-order chi connectivity index (χ1) is 12.0. The lowest BCUT2D eigenvalue weighted by Gasteiger charge is -2.15. The molecule has 3 rings (SSSR count). The normalized spacial score (nSPS) is 11.4. The summed E-state index contributed by atoms with van der Waals surface area (Å²) in [5.74, 6) is 0.513. The van der Waals surface area contributed by atoms with Crippen LogP contribution in [0.3, 0.4) is 0 Å². The summed E-state index contributed by atoms with van der Waals surface area (Å²) in [6.45, 7) is 4.69. The van der Waals surface area contributed by atoms with Crippen molar-refractivity contribution in [3.05, 3.63) is 44.2 Å². The third-order valence-corrected chi connectivity index (χ3v) is 4.57. The van der Waals surface area contributed by atoms with Crippen LogP contribution in [0.4, 0.5) is 0 Å². The minimum Gasteiger partial charge on any atom is -0.494 e. The Morgan fingerprint density at radius 3 is 2.56 bits per heavy atom. The monoisotopic (exact) mass is 361 g/mol. The lowest BCUT2D eigenvalue weighted by molar-refractivity contribution is 0.419. The summed E-state index contributed by atoms with van der Waals surface area (Å²) in [6, 6.07) is 3.40. The number of unbranched alkanes of at least 4 members (excludes halogenated alkanes) is 1. The summed E-state index contributed by atoms with van der Waals surface area (Å²) >= 11 is 6.22. The molecule has 0 saturated heterocycles. The number of fused-ring (bicyclic) bond motifs is 3. The van der Waals surface area contributed by atoms with Crippen molar-refractivity contribution in [2.45, 2.75) is 39.8 Å². The van der Waals surface area contributed by atoms with E-state index in [1.807, 2.05) is 0 Å². The van der Waals surface area contributed by atoms with E-state index in [4.69, 9.17) is 16.3 Å². The van der Waals surface area contributed by atoms with Gasteiger partial charge in [-0.3, -0.25) is 18.9 Å². The third-order valence-electron chi connectivity index (χ3n) is 4.35. The van der Waals surface area contributed by atoms with Gasteiger partial charge in [-0.15, -0.1) is 0 Å². The van der Waals surface area contributed by atoms with E-state index in [1.165, 1.54) is 17.9 Å². The SMILES string of the molecule is CCCCn1c(=O)n(CC)c(=O)c2cnc3c(OC)cc(Cl)cc3c21. The molecule has 0 radical (unpaired) electrons. The van der Waals surface area contributed by atoms with E-state index in [9.17, 15) is 9.59 Å². The highest BCUT2D eigenvalue weighted by Gasteiger charge is 2.17. The fourth-order valence-corrected chi connectivity index (χ4v) is 3.31. The average Bonchev–Trinajstić information content (AvgIpc) is 2.61. The quantitative estimate of drug-likeness (QED) is 0.654. The fourth-order valence-electron chi connectivity index (χ4n) is 3.10. The molecule has 0 N–H and O–H groups in total. The van der Waals surface area contributed by atoms with Crippen LogP contribution in [0.1, 0.15) is 26.7 Å². The number of aromatic nitrogens is 3. The molecule has 0 bridgehead atoms. The predicted octanol–water partition coefficient (Wildman–Crippen LogP) is 3.19. The molecule has 7 heteroatoms. The van der Waals surface area contributed by atoms with E-state index in [0.29, 0.717) is 45.7 Å². The first-order valence-electron chi connectivity index (χ1n) is 8.33. The molecule has 0 atom stereocenters. The second-order valence-corrected chi connectivity index (χ2v) is 6.30. The smallest absolute Gasteiger partial charge is 0.331 e. The van der Waals surface area contributed by atoms with E-state index < -0.39 is 0 Å². The molecular weight excluding hydrogens is 342 g/mol. The third kappa shape index (κ3) is 2.80. The number of ether oxygens (including phenoxy) is 1. The van der Waals surface area contributed by atoms with E-state index in [-0.39, 0.29) is 11.2 Å². The summed E-state index contributed by atoms with van der Waals surface area (Å²) in [5, 5.41) is 1.53. The van der Waals surface area contributed by atoms with Crippen LogP contribution >= 0.6 is 11.6 Å². The lowest BCUT2D eigenvalue weighted by Crippen LogP contribution is -2.39. The molecule has 0 aliphatic rings. The van der Waals surface area contributed by atoms with Crippen molar-refractivity contribution >= 4 is 33.4 Å². The van der Waals surface area contributed by atoms with Gasteiger partial charge in [0.1, 0.15) is 11.3 Å². The Hall–Kier alpha value is -2.34. The Morgan fingerprint density at radius 2 is 1.92 bits per heavy atom. The van der Waals surface area contributed by atoms with Crippen molar-refractivity contribution in [2.75, 3.05) is 7.11 Å². The van der Waals surface area contributed by atoms with Gasteiger partial charge in [-0.1, -0.05) is 24.9 Å². The van der Waals surface area contributed by atoms with Crippen LogP contribution in [-0.2, 0) is 13.1 Å². The Morgan fingerprint density at radius 1 is 1.16 bits per heavy atom. The first-order valence-corrected chi connectivity index (χ1v) is 8.70. The molecule has 3 aromatic rings. The summed E-state index contributed by atoms with van der Waals surface area (Å²) in [7, 11) is 1.54. The molecule has 132 valence electrons. The van der Waals surface area contributed by atoms with Crippen LogP contribution < -0.4 is 16.0 Å².